The van der Waals surface area contributed by atoms with E-state index < -0.39 is 0 Å². The fourth-order valence-corrected chi connectivity index (χ4v) is 4.49. The number of H-pyrrole nitrogens is 2. The van der Waals surface area contributed by atoms with E-state index in [1.54, 1.807) is 44.1 Å². The summed E-state index contributed by atoms with van der Waals surface area (Å²) in [4.78, 5) is 23.7. The highest BCUT2D eigenvalue weighted by Gasteiger charge is 2.15. The van der Waals surface area contributed by atoms with Crippen molar-refractivity contribution in [2.45, 2.75) is 6.92 Å². The zero-order valence-electron chi connectivity index (χ0n) is 18.4. The van der Waals surface area contributed by atoms with Crippen LogP contribution in [0.5, 0.6) is 5.75 Å². The SMILES string of the molecule is C=c1[nH]nc(-c2nc3c(-c4ccc(C)s4)cncc3[nH]2)/c1=C/C(=N\C)c1cncc(OC)c1. The Labute approximate surface area is 193 Å². The van der Waals surface area contributed by atoms with E-state index in [-0.39, 0.29) is 0 Å². The first kappa shape index (κ1) is 20.8. The van der Waals surface area contributed by atoms with Crippen LogP contribution < -0.4 is 15.3 Å². The first-order valence-corrected chi connectivity index (χ1v) is 11.0. The smallest absolute Gasteiger partial charge is 0.159 e. The largest absolute Gasteiger partial charge is 0.495 e. The second kappa shape index (κ2) is 8.44. The van der Waals surface area contributed by atoms with Crippen molar-refractivity contribution >= 4 is 40.7 Å². The number of hydrogen-bond donors (Lipinski definition) is 2. The Morgan fingerprint density at radius 1 is 1.18 bits per heavy atom. The van der Waals surface area contributed by atoms with Crippen LogP contribution in [0.25, 0.3) is 45.6 Å². The van der Waals surface area contributed by atoms with Crippen molar-refractivity contribution in [2.24, 2.45) is 4.99 Å². The zero-order chi connectivity index (χ0) is 22.9. The van der Waals surface area contributed by atoms with Crippen LogP contribution in [0, 0.1) is 6.92 Å². The molecule has 0 spiro atoms. The number of rotatable bonds is 5. The van der Waals surface area contributed by atoms with E-state index in [2.05, 4.69) is 55.8 Å². The Bertz CT molecular complexity index is 1610. The molecule has 5 heterocycles. The highest BCUT2D eigenvalue weighted by atomic mass is 32.1. The van der Waals surface area contributed by atoms with E-state index >= 15 is 0 Å². The molecule has 0 aliphatic heterocycles. The number of nitrogens with one attached hydrogen (secondary N) is 2. The average molecular weight is 456 g/mol. The molecule has 0 aliphatic rings. The third-order valence-electron chi connectivity index (χ3n) is 5.27. The summed E-state index contributed by atoms with van der Waals surface area (Å²) >= 11 is 1.72. The van der Waals surface area contributed by atoms with Crippen molar-refractivity contribution in [1.29, 1.82) is 0 Å². The molecule has 164 valence electrons. The number of methoxy groups -OCH3 is 1. The molecule has 0 aliphatic carbocycles. The lowest BCUT2D eigenvalue weighted by molar-refractivity contribution is 0.413. The molecule has 8 nitrogen and oxygen atoms in total. The maximum absolute atomic E-state index is 5.30. The summed E-state index contributed by atoms with van der Waals surface area (Å²) in [5.41, 5.74) is 4.88. The van der Waals surface area contributed by atoms with Crippen molar-refractivity contribution in [2.75, 3.05) is 14.2 Å². The fraction of sp³-hybridized carbons (Fsp3) is 0.125. The highest BCUT2D eigenvalue weighted by molar-refractivity contribution is 7.15. The van der Waals surface area contributed by atoms with Crippen molar-refractivity contribution in [3.05, 3.63) is 64.0 Å². The normalized spacial score (nSPS) is 12.6. The number of nitrogens with zero attached hydrogens (tertiary/aromatic N) is 5. The third kappa shape index (κ3) is 3.83. The number of thiophene rings is 1. The number of imidazole rings is 1. The minimum absolute atomic E-state index is 0.629. The van der Waals surface area contributed by atoms with Crippen LogP contribution in [0.15, 0.2) is 48.0 Å². The molecule has 0 fully saturated rings. The highest BCUT2D eigenvalue weighted by Crippen LogP contribution is 2.32. The molecular weight excluding hydrogens is 434 g/mol. The lowest BCUT2D eigenvalue weighted by Gasteiger charge is -2.03. The summed E-state index contributed by atoms with van der Waals surface area (Å²) < 4.78 is 5.30. The number of fused-ring (bicyclic) bond motifs is 1. The van der Waals surface area contributed by atoms with E-state index in [1.165, 1.54) is 4.88 Å². The predicted octanol–water partition coefficient (Wildman–Crippen LogP) is 3.10. The standard InChI is InChI=1S/C24H21N7OS/c1-13-5-6-21(33-13)18-11-27-12-20-22(18)29-24(28-20)23-17(14(2)30-31-23)8-19(25-3)15-7-16(32-4)10-26-9-15/h5-12,30H,2H2,1,3-4H3,(H,28,29)/b17-8+,25-19+. The molecule has 33 heavy (non-hydrogen) atoms. The Kier molecular flexibility index (Phi) is 5.31. The van der Waals surface area contributed by atoms with Gasteiger partial charge in [0.1, 0.15) is 17.0 Å². The van der Waals surface area contributed by atoms with E-state index in [4.69, 9.17) is 9.72 Å². The molecule has 0 bridgehead atoms. The second-order valence-electron chi connectivity index (χ2n) is 7.41. The van der Waals surface area contributed by atoms with Crippen molar-refractivity contribution in [3.63, 3.8) is 0 Å². The van der Waals surface area contributed by atoms with Crippen molar-refractivity contribution in [3.8, 4) is 27.7 Å². The van der Waals surface area contributed by atoms with Crippen molar-refractivity contribution < 1.29 is 4.74 Å². The van der Waals surface area contributed by atoms with Crippen LogP contribution in [0.3, 0.4) is 0 Å². The number of hydrogen-bond acceptors (Lipinski definition) is 7. The maximum Gasteiger partial charge on any atom is 0.159 e. The molecule has 0 atom stereocenters. The summed E-state index contributed by atoms with van der Waals surface area (Å²) in [5.74, 6) is 1.29. The summed E-state index contributed by atoms with van der Waals surface area (Å²) in [7, 11) is 3.34. The Morgan fingerprint density at radius 2 is 2.03 bits per heavy atom. The first-order valence-electron chi connectivity index (χ1n) is 10.2. The Morgan fingerprint density at radius 3 is 2.79 bits per heavy atom. The molecule has 5 aromatic rings. The monoisotopic (exact) mass is 455 g/mol. The zero-order valence-corrected chi connectivity index (χ0v) is 19.2. The minimum Gasteiger partial charge on any atom is -0.495 e. The molecular formula is C24H21N7OS. The maximum atomic E-state index is 5.30. The summed E-state index contributed by atoms with van der Waals surface area (Å²) in [5, 5.41) is 8.90. The Balaban J connectivity index is 1.64. The topological polar surface area (TPSA) is 105 Å². The van der Waals surface area contributed by atoms with Gasteiger partial charge in [-0.2, -0.15) is 5.10 Å². The predicted molar refractivity (Wildman–Crippen MR) is 132 cm³/mol. The van der Waals surface area contributed by atoms with Gasteiger partial charge in [0, 0.05) is 45.5 Å². The lowest BCUT2D eigenvalue weighted by atomic mass is 10.1. The molecule has 0 unspecified atom stereocenters. The number of aromatic nitrogens is 6. The summed E-state index contributed by atoms with van der Waals surface area (Å²) in [6.07, 6.45) is 8.94. The number of aromatic amines is 2. The van der Waals surface area contributed by atoms with Gasteiger partial charge in [0.2, 0.25) is 0 Å². The number of aliphatic imine (C=N–C) groups is 1. The molecule has 0 saturated heterocycles. The van der Waals surface area contributed by atoms with Gasteiger partial charge in [0.05, 0.1) is 36.1 Å². The molecule has 0 saturated carbocycles. The van der Waals surface area contributed by atoms with Crippen LogP contribution in [0.4, 0.5) is 0 Å². The van der Waals surface area contributed by atoms with Crippen LogP contribution in [0.1, 0.15) is 10.4 Å². The van der Waals surface area contributed by atoms with Gasteiger partial charge in [0.15, 0.2) is 5.82 Å². The van der Waals surface area contributed by atoms with Gasteiger partial charge in [-0.3, -0.25) is 20.1 Å². The van der Waals surface area contributed by atoms with Crippen LogP contribution >= 0.6 is 11.3 Å². The summed E-state index contributed by atoms with van der Waals surface area (Å²) in [6.45, 7) is 6.19. The van der Waals surface area contributed by atoms with Crippen molar-refractivity contribution in [1.82, 2.24) is 30.1 Å². The van der Waals surface area contributed by atoms with Gasteiger partial charge in [0.25, 0.3) is 0 Å². The van der Waals surface area contributed by atoms with Gasteiger partial charge in [-0.15, -0.1) is 11.3 Å². The molecule has 5 rings (SSSR count). The van der Waals surface area contributed by atoms with E-state index in [0.717, 1.165) is 38.0 Å². The van der Waals surface area contributed by atoms with E-state index in [9.17, 15) is 0 Å². The second-order valence-corrected chi connectivity index (χ2v) is 8.70. The number of ether oxygens (including phenoxy) is 1. The fourth-order valence-electron chi connectivity index (χ4n) is 3.61. The van der Waals surface area contributed by atoms with Crippen LogP contribution in [-0.4, -0.2) is 50.0 Å². The van der Waals surface area contributed by atoms with Gasteiger partial charge in [-0.25, -0.2) is 4.98 Å². The number of aryl methyl sites for hydroxylation is 1. The first-order chi connectivity index (χ1) is 16.1. The molecule has 5 aromatic heterocycles. The summed E-state index contributed by atoms with van der Waals surface area (Å²) in [6, 6.07) is 6.08. The molecule has 0 radical (unpaired) electrons. The number of pyridine rings is 2. The van der Waals surface area contributed by atoms with E-state index in [0.29, 0.717) is 22.6 Å². The Hall–Kier alpha value is -4.11. The third-order valence-corrected chi connectivity index (χ3v) is 6.31. The quantitative estimate of drug-likeness (QED) is 0.396. The van der Waals surface area contributed by atoms with Gasteiger partial charge in [-0.05, 0) is 31.2 Å². The minimum atomic E-state index is 0.629. The van der Waals surface area contributed by atoms with Crippen LogP contribution in [-0.2, 0) is 0 Å². The lowest BCUT2D eigenvalue weighted by Crippen LogP contribution is -2.24. The van der Waals surface area contributed by atoms with E-state index in [1.807, 2.05) is 18.3 Å². The van der Waals surface area contributed by atoms with Gasteiger partial charge in [-0.1, -0.05) is 6.58 Å². The molecule has 2 N–H and O–H groups in total. The van der Waals surface area contributed by atoms with Gasteiger partial charge >= 0.3 is 0 Å². The van der Waals surface area contributed by atoms with Crippen LogP contribution in [0.2, 0.25) is 0 Å². The molecule has 0 aromatic carbocycles. The molecule has 0 amide bonds. The molecule has 9 heteroatoms. The average Bonchev–Trinajstić information content (AvgIpc) is 3.55. The van der Waals surface area contributed by atoms with Gasteiger partial charge < -0.3 is 9.72 Å².